The first-order valence-corrected chi connectivity index (χ1v) is 6.82. The van der Waals surface area contributed by atoms with Crippen LogP contribution in [-0.4, -0.2) is 28.0 Å². The molecule has 0 aliphatic rings. The normalized spacial score (nSPS) is 10.5. The summed E-state index contributed by atoms with van der Waals surface area (Å²) in [6.07, 6.45) is 0. The summed E-state index contributed by atoms with van der Waals surface area (Å²) in [6.45, 7) is 7.35. The molecule has 3 N–H and O–H groups in total. The second kappa shape index (κ2) is 6.34. The molecule has 0 radical (unpaired) electrons. The van der Waals surface area contributed by atoms with E-state index in [2.05, 4.69) is 20.3 Å². The Morgan fingerprint density at radius 3 is 2.48 bits per heavy atom. The lowest BCUT2D eigenvalue weighted by Gasteiger charge is -2.19. The van der Waals surface area contributed by atoms with Gasteiger partial charge in [-0.15, -0.1) is 0 Å². The molecule has 0 atom stereocenters. The van der Waals surface area contributed by atoms with Crippen LogP contribution in [-0.2, 0) is 0 Å². The van der Waals surface area contributed by atoms with Crippen LogP contribution < -0.4 is 16.0 Å². The molecule has 1 aromatic heterocycles. The minimum atomic E-state index is -0.316. The van der Waals surface area contributed by atoms with Crippen molar-refractivity contribution in [2.45, 2.75) is 20.8 Å². The molecule has 6 nitrogen and oxygen atoms in total. The molecule has 0 saturated heterocycles. The lowest BCUT2D eigenvalue weighted by Crippen LogP contribution is -2.25. The van der Waals surface area contributed by atoms with Gasteiger partial charge in [0.25, 0.3) is 0 Å². The summed E-state index contributed by atoms with van der Waals surface area (Å²) in [4.78, 5) is 14.4. The molecule has 0 fully saturated rings. The van der Waals surface area contributed by atoms with E-state index in [0.717, 1.165) is 18.7 Å². The second-order valence-corrected chi connectivity index (χ2v) is 4.63. The van der Waals surface area contributed by atoms with Crippen LogP contribution in [0, 0.1) is 12.7 Å². The molecule has 21 heavy (non-hydrogen) atoms. The monoisotopic (exact) mass is 290 g/mol. The summed E-state index contributed by atoms with van der Waals surface area (Å²) in [5.41, 5.74) is 7.10. The highest BCUT2D eigenvalue weighted by Gasteiger charge is 2.10. The van der Waals surface area contributed by atoms with Gasteiger partial charge in [0, 0.05) is 18.8 Å². The predicted octanol–water partition coefficient (Wildman–Crippen LogP) is 2.49. The van der Waals surface area contributed by atoms with Crippen LogP contribution in [0.4, 0.5) is 27.9 Å². The molecule has 0 aliphatic heterocycles. The highest BCUT2D eigenvalue weighted by atomic mass is 19.1. The molecule has 112 valence electrons. The van der Waals surface area contributed by atoms with Crippen molar-refractivity contribution in [2.24, 2.45) is 0 Å². The molecular formula is C14H19FN6. The van der Waals surface area contributed by atoms with E-state index >= 15 is 0 Å². The van der Waals surface area contributed by atoms with Gasteiger partial charge in [0.15, 0.2) is 0 Å². The highest BCUT2D eigenvalue weighted by Crippen LogP contribution is 2.19. The van der Waals surface area contributed by atoms with Gasteiger partial charge in [-0.1, -0.05) is 0 Å². The quantitative estimate of drug-likeness (QED) is 0.880. The van der Waals surface area contributed by atoms with E-state index in [4.69, 9.17) is 5.73 Å². The van der Waals surface area contributed by atoms with Crippen LogP contribution >= 0.6 is 0 Å². The Hall–Kier alpha value is -2.44. The number of nitrogens with one attached hydrogen (secondary N) is 1. The Bertz CT molecular complexity index is 607. The Morgan fingerprint density at radius 1 is 1.14 bits per heavy atom. The van der Waals surface area contributed by atoms with E-state index < -0.39 is 0 Å². The number of nitrogens with two attached hydrogens (primary N) is 1. The first-order chi connectivity index (χ1) is 10.0. The number of aromatic nitrogens is 3. The van der Waals surface area contributed by atoms with Gasteiger partial charge in [-0.25, -0.2) is 4.39 Å². The lowest BCUT2D eigenvalue weighted by atomic mass is 10.2. The molecule has 0 saturated carbocycles. The van der Waals surface area contributed by atoms with Crippen molar-refractivity contribution in [1.82, 2.24) is 15.0 Å². The van der Waals surface area contributed by atoms with Crippen molar-refractivity contribution in [3.8, 4) is 0 Å². The molecule has 0 amide bonds. The third-order valence-electron chi connectivity index (χ3n) is 2.99. The van der Waals surface area contributed by atoms with Crippen LogP contribution in [0.5, 0.6) is 0 Å². The minimum absolute atomic E-state index is 0.127. The molecule has 1 aromatic carbocycles. The zero-order valence-corrected chi connectivity index (χ0v) is 12.4. The fraction of sp³-hybridized carbons (Fsp3) is 0.357. The van der Waals surface area contributed by atoms with Crippen LogP contribution in [0.25, 0.3) is 0 Å². The molecular weight excluding hydrogens is 271 g/mol. The maximum atomic E-state index is 13.4. The average Bonchev–Trinajstić information content (AvgIpc) is 2.38. The number of aryl methyl sites for hydroxylation is 1. The van der Waals surface area contributed by atoms with Gasteiger partial charge in [0.05, 0.1) is 0 Å². The fourth-order valence-corrected chi connectivity index (χ4v) is 2.02. The SMILES string of the molecule is CCN(CC)c1nc(N)nc(Nc2cc(C)cc(F)c2)n1. The van der Waals surface area contributed by atoms with Crippen LogP contribution in [0.15, 0.2) is 18.2 Å². The number of benzene rings is 1. The highest BCUT2D eigenvalue weighted by molar-refractivity contribution is 5.56. The van der Waals surface area contributed by atoms with Crippen molar-refractivity contribution < 1.29 is 4.39 Å². The van der Waals surface area contributed by atoms with E-state index in [9.17, 15) is 4.39 Å². The molecule has 0 unspecified atom stereocenters. The van der Waals surface area contributed by atoms with Crippen LogP contribution in [0.2, 0.25) is 0 Å². The number of rotatable bonds is 5. The van der Waals surface area contributed by atoms with Crippen molar-refractivity contribution >= 4 is 23.5 Å². The van der Waals surface area contributed by atoms with E-state index in [-0.39, 0.29) is 11.8 Å². The number of nitrogens with zero attached hydrogens (tertiary/aromatic N) is 4. The van der Waals surface area contributed by atoms with Gasteiger partial charge < -0.3 is 16.0 Å². The second-order valence-electron chi connectivity index (χ2n) is 4.63. The van der Waals surface area contributed by atoms with Gasteiger partial charge in [-0.2, -0.15) is 15.0 Å². The minimum Gasteiger partial charge on any atom is -0.368 e. The number of hydrogen-bond acceptors (Lipinski definition) is 6. The van der Waals surface area contributed by atoms with Crippen molar-refractivity contribution in [2.75, 3.05) is 29.0 Å². The smallest absolute Gasteiger partial charge is 0.233 e. The predicted molar refractivity (Wildman–Crippen MR) is 82.2 cm³/mol. The van der Waals surface area contributed by atoms with Crippen molar-refractivity contribution in [3.63, 3.8) is 0 Å². The molecule has 2 aromatic rings. The first-order valence-electron chi connectivity index (χ1n) is 6.82. The van der Waals surface area contributed by atoms with Crippen molar-refractivity contribution in [3.05, 3.63) is 29.6 Å². The molecule has 0 bridgehead atoms. The van der Waals surface area contributed by atoms with E-state index in [1.54, 1.807) is 6.07 Å². The zero-order valence-electron chi connectivity index (χ0n) is 12.4. The summed E-state index contributed by atoms with van der Waals surface area (Å²) in [5.74, 6) is 0.614. The summed E-state index contributed by atoms with van der Waals surface area (Å²) >= 11 is 0. The third-order valence-corrected chi connectivity index (χ3v) is 2.99. The maximum Gasteiger partial charge on any atom is 0.233 e. The molecule has 0 spiro atoms. The number of halogens is 1. The molecule has 0 aliphatic carbocycles. The lowest BCUT2D eigenvalue weighted by molar-refractivity contribution is 0.627. The zero-order chi connectivity index (χ0) is 15.4. The van der Waals surface area contributed by atoms with Gasteiger partial charge in [0.1, 0.15) is 5.82 Å². The van der Waals surface area contributed by atoms with E-state index in [1.165, 1.54) is 12.1 Å². The maximum absolute atomic E-state index is 13.4. The number of anilines is 4. The van der Waals surface area contributed by atoms with Gasteiger partial charge >= 0.3 is 0 Å². The summed E-state index contributed by atoms with van der Waals surface area (Å²) in [6, 6.07) is 4.64. The first kappa shape index (κ1) is 15.0. The summed E-state index contributed by atoms with van der Waals surface area (Å²) in [7, 11) is 0. The van der Waals surface area contributed by atoms with Gasteiger partial charge in [-0.05, 0) is 44.5 Å². The Kier molecular flexibility index (Phi) is 4.52. The standard InChI is InChI=1S/C14H19FN6/c1-4-21(5-2)14-19-12(16)18-13(20-14)17-11-7-9(3)6-10(15)8-11/h6-8H,4-5H2,1-3H3,(H3,16,17,18,19,20). The fourth-order valence-electron chi connectivity index (χ4n) is 2.02. The third kappa shape index (κ3) is 3.77. The number of hydrogen-bond donors (Lipinski definition) is 2. The largest absolute Gasteiger partial charge is 0.368 e. The van der Waals surface area contributed by atoms with Crippen molar-refractivity contribution in [1.29, 1.82) is 0 Å². The Balaban J connectivity index is 2.31. The Labute approximate surface area is 123 Å². The van der Waals surface area contributed by atoms with Gasteiger partial charge in [0.2, 0.25) is 17.8 Å². The molecule has 2 rings (SSSR count). The molecule has 7 heteroatoms. The van der Waals surface area contributed by atoms with Crippen LogP contribution in [0.1, 0.15) is 19.4 Å². The summed E-state index contributed by atoms with van der Waals surface area (Å²) in [5, 5.41) is 2.96. The topological polar surface area (TPSA) is 80.0 Å². The van der Waals surface area contributed by atoms with E-state index in [1.807, 2.05) is 25.7 Å². The van der Waals surface area contributed by atoms with E-state index in [0.29, 0.717) is 17.6 Å². The van der Waals surface area contributed by atoms with Gasteiger partial charge in [-0.3, -0.25) is 0 Å². The Morgan fingerprint density at radius 2 is 1.86 bits per heavy atom. The molecule has 1 heterocycles. The van der Waals surface area contributed by atoms with Crippen LogP contribution in [0.3, 0.4) is 0 Å². The average molecular weight is 290 g/mol. The summed E-state index contributed by atoms with van der Waals surface area (Å²) < 4.78 is 13.4. The number of nitrogen functional groups attached to an aromatic ring is 1.